The number of halogens is 1. The zero-order valence-electron chi connectivity index (χ0n) is 20.9. The number of aromatic nitrogens is 1. The Morgan fingerprint density at radius 1 is 1.17 bits per heavy atom. The number of rotatable bonds is 4. The molecule has 2 aliphatic rings. The molecule has 1 fully saturated rings. The predicted octanol–water partition coefficient (Wildman–Crippen LogP) is 6.02. The minimum absolute atomic E-state index is 0.108. The first-order valence-corrected chi connectivity index (χ1v) is 12.9. The Kier molecular flexibility index (Phi) is 5.99. The van der Waals surface area contributed by atoms with Gasteiger partial charge < -0.3 is 19.2 Å². The van der Waals surface area contributed by atoms with E-state index in [1.165, 1.54) is 0 Å². The molecular formula is C28H34ClN3O3. The SMILES string of the molecule is CC(C)(C)C1CCC(NC(=O)C2(C)Cn3c(cc4occc43)C(=O)N2Cc2cccc(Cl)c2)CC1. The Labute approximate surface area is 211 Å². The Hall–Kier alpha value is -2.73. The highest BCUT2D eigenvalue weighted by molar-refractivity contribution is 6.30. The van der Waals surface area contributed by atoms with E-state index in [1.54, 1.807) is 17.2 Å². The zero-order chi connectivity index (χ0) is 25.0. The third-order valence-corrected chi connectivity index (χ3v) is 8.29. The van der Waals surface area contributed by atoms with Crippen LogP contribution in [0.5, 0.6) is 0 Å². The molecule has 3 heterocycles. The smallest absolute Gasteiger partial charge is 0.271 e. The van der Waals surface area contributed by atoms with Crippen molar-refractivity contribution in [3.8, 4) is 0 Å². The highest BCUT2D eigenvalue weighted by atomic mass is 35.5. The summed E-state index contributed by atoms with van der Waals surface area (Å²) in [6.07, 6.45) is 5.76. The molecule has 1 unspecified atom stereocenters. The van der Waals surface area contributed by atoms with Gasteiger partial charge >= 0.3 is 0 Å². The molecule has 1 aromatic carbocycles. The largest absolute Gasteiger partial charge is 0.463 e. The molecule has 1 saturated carbocycles. The lowest BCUT2D eigenvalue weighted by Crippen LogP contribution is -2.64. The van der Waals surface area contributed by atoms with Crippen LogP contribution in [-0.2, 0) is 17.9 Å². The number of benzene rings is 1. The number of nitrogens with zero attached hydrogens (tertiary/aromatic N) is 2. The first kappa shape index (κ1) is 24.0. The first-order chi connectivity index (χ1) is 16.6. The standard InChI is InChI=1S/C28H34ClN3O3/c1-27(2,3)19-8-10-21(11-9-19)30-26(34)28(4)17-31-22-12-13-35-24(22)15-23(31)25(33)32(28)16-18-6-5-7-20(29)14-18/h5-7,12-15,19,21H,8-11,16-17H2,1-4H3,(H,30,34). The number of carbonyl (C=O) groups is 2. The molecule has 0 saturated heterocycles. The molecule has 1 atom stereocenters. The minimum atomic E-state index is -1.06. The number of amides is 2. The Morgan fingerprint density at radius 2 is 1.91 bits per heavy atom. The minimum Gasteiger partial charge on any atom is -0.463 e. The van der Waals surface area contributed by atoms with Crippen LogP contribution in [0, 0.1) is 11.3 Å². The number of carbonyl (C=O) groups excluding carboxylic acids is 2. The molecule has 5 rings (SSSR count). The van der Waals surface area contributed by atoms with E-state index < -0.39 is 5.54 Å². The van der Waals surface area contributed by atoms with Crippen molar-refractivity contribution in [2.75, 3.05) is 0 Å². The second-order valence-electron chi connectivity index (χ2n) is 11.5. The van der Waals surface area contributed by atoms with Crippen molar-refractivity contribution < 1.29 is 14.0 Å². The van der Waals surface area contributed by atoms with E-state index in [2.05, 4.69) is 26.1 Å². The van der Waals surface area contributed by atoms with Crippen molar-refractivity contribution in [1.29, 1.82) is 0 Å². The lowest BCUT2D eigenvalue weighted by Gasteiger charge is -2.45. The molecule has 6 nitrogen and oxygen atoms in total. The molecule has 3 aromatic rings. The van der Waals surface area contributed by atoms with Crippen LogP contribution >= 0.6 is 11.6 Å². The van der Waals surface area contributed by atoms with E-state index >= 15 is 0 Å². The van der Waals surface area contributed by atoms with Crippen molar-refractivity contribution in [2.24, 2.45) is 11.3 Å². The summed E-state index contributed by atoms with van der Waals surface area (Å²) in [5.41, 5.74) is 2.14. The van der Waals surface area contributed by atoms with Crippen molar-refractivity contribution in [2.45, 2.75) is 78.0 Å². The monoisotopic (exact) mass is 495 g/mol. The highest BCUT2D eigenvalue weighted by Gasteiger charge is 2.48. The van der Waals surface area contributed by atoms with Crippen LogP contribution in [0.2, 0.25) is 5.02 Å². The van der Waals surface area contributed by atoms with Crippen LogP contribution in [-0.4, -0.2) is 32.9 Å². The third-order valence-electron chi connectivity index (χ3n) is 8.05. The number of furan rings is 1. The fourth-order valence-corrected chi connectivity index (χ4v) is 6.00. The normalized spacial score (nSPS) is 25.1. The van der Waals surface area contributed by atoms with Gasteiger partial charge in [0, 0.05) is 29.7 Å². The molecule has 35 heavy (non-hydrogen) atoms. The molecule has 2 aromatic heterocycles. The maximum Gasteiger partial charge on any atom is 0.271 e. The van der Waals surface area contributed by atoms with Crippen LogP contribution < -0.4 is 5.32 Å². The third kappa shape index (κ3) is 4.37. The number of hydrogen-bond donors (Lipinski definition) is 1. The zero-order valence-corrected chi connectivity index (χ0v) is 21.7. The molecule has 1 N–H and O–H groups in total. The van der Waals surface area contributed by atoms with Crippen molar-refractivity contribution >= 4 is 34.5 Å². The van der Waals surface area contributed by atoms with Crippen LogP contribution in [0.1, 0.15) is 69.4 Å². The van der Waals surface area contributed by atoms with Crippen LogP contribution in [0.25, 0.3) is 11.1 Å². The number of nitrogens with one attached hydrogen (secondary N) is 1. The van der Waals surface area contributed by atoms with E-state index in [-0.39, 0.29) is 23.3 Å². The molecule has 0 bridgehead atoms. The van der Waals surface area contributed by atoms with E-state index in [0.717, 1.165) is 36.8 Å². The average molecular weight is 496 g/mol. The number of fused-ring (bicyclic) bond motifs is 3. The van der Waals surface area contributed by atoms with Gasteiger partial charge in [0.2, 0.25) is 5.91 Å². The molecule has 7 heteroatoms. The predicted molar refractivity (Wildman–Crippen MR) is 137 cm³/mol. The van der Waals surface area contributed by atoms with Gasteiger partial charge in [-0.3, -0.25) is 9.59 Å². The van der Waals surface area contributed by atoms with E-state index in [1.807, 2.05) is 41.8 Å². The first-order valence-electron chi connectivity index (χ1n) is 12.5. The summed E-state index contributed by atoms with van der Waals surface area (Å²) in [5, 5.41) is 3.92. The van der Waals surface area contributed by atoms with Gasteiger partial charge in [-0.25, -0.2) is 0 Å². The maximum absolute atomic E-state index is 13.9. The lowest BCUT2D eigenvalue weighted by molar-refractivity contribution is -0.134. The lowest BCUT2D eigenvalue weighted by atomic mass is 9.71. The second kappa shape index (κ2) is 8.74. The van der Waals surface area contributed by atoms with Gasteiger partial charge in [0.15, 0.2) is 5.58 Å². The fraction of sp³-hybridized carbons (Fsp3) is 0.500. The molecule has 186 valence electrons. The molecule has 1 aliphatic carbocycles. The van der Waals surface area contributed by atoms with Gasteiger partial charge in [-0.2, -0.15) is 0 Å². The van der Waals surface area contributed by atoms with Crippen molar-refractivity contribution in [3.05, 3.63) is 58.9 Å². The van der Waals surface area contributed by atoms with Crippen LogP contribution in [0.15, 0.2) is 47.1 Å². The van der Waals surface area contributed by atoms with E-state index in [0.29, 0.717) is 35.3 Å². The summed E-state index contributed by atoms with van der Waals surface area (Å²) in [4.78, 5) is 29.4. The summed E-state index contributed by atoms with van der Waals surface area (Å²) in [7, 11) is 0. The molecule has 0 radical (unpaired) electrons. The van der Waals surface area contributed by atoms with Gasteiger partial charge in [0.25, 0.3) is 5.91 Å². The van der Waals surface area contributed by atoms with E-state index in [9.17, 15) is 9.59 Å². The molecule has 2 amide bonds. The van der Waals surface area contributed by atoms with Gasteiger partial charge in [0.1, 0.15) is 11.2 Å². The quantitative estimate of drug-likeness (QED) is 0.481. The Morgan fingerprint density at radius 3 is 2.60 bits per heavy atom. The van der Waals surface area contributed by atoms with Gasteiger partial charge in [-0.1, -0.05) is 44.5 Å². The summed E-state index contributed by atoms with van der Waals surface area (Å²) in [6.45, 7) is 9.42. The van der Waals surface area contributed by atoms with E-state index in [4.69, 9.17) is 16.0 Å². The van der Waals surface area contributed by atoms with Crippen molar-refractivity contribution in [1.82, 2.24) is 14.8 Å². The second-order valence-corrected chi connectivity index (χ2v) is 11.9. The average Bonchev–Trinajstić information content (AvgIpc) is 3.39. The summed E-state index contributed by atoms with van der Waals surface area (Å²) in [6, 6.07) is 11.2. The number of hydrogen-bond acceptors (Lipinski definition) is 3. The van der Waals surface area contributed by atoms with Gasteiger partial charge in [-0.05, 0) is 61.6 Å². The van der Waals surface area contributed by atoms with Crippen molar-refractivity contribution in [3.63, 3.8) is 0 Å². The maximum atomic E-state index is 13.9. The topological polar surface area (TPSA) is 67.5 Å². The highest BCUT2D eigenvalue weighted by Crippen LogP contribution is 2.39. The van der Waals surface area contributed by atoms with Crippen LogP contribution in [0.4, 0.5) is 0 Å². The Balaban J connectivity index is 1.44. The fourth-order valence-electron chi connectivity index (χ4n) is 5.78. The van der Waals surface area contributed by atoms with Crippen LogP contribution in [0.3, 0.4) is 0 Å². The summed E-state index contributed by atoms with van der Waals surface area (Å²) in [5.74, 6) is 0.374. The Bertz CT molecular complexity index is 1260. The summed E-state index contributed by atoms with van der Waals surface area (Å²) >= 11 is 6.23. The van der Waals surface area contributed by atoms with Gasteiger partial charge in [-0.15, -0.1) is 0 Å². The molecule has 1 aliphatic heterocycles. The molecule has 0 spiro atoms. The van der Waals surface area contributed by atoms with Gasteiger partial charge in [0.05, 0.1) is 18.3 Å². The molecular weight excluding hydrogens is 462 g/mol. The summed E-state index contributed by atoms with van der Waals surface area (Å²) < 4.78 is 7.49.